The molecule has 2 aromatic heterocycles. The lowest BCUT2D eigenvalue weighted by Gasteiger charge is -2.16. The maximum atomic E-state index is 14.1. The molecule has 2 heterocycles. The molecule has 0 bridgehead atoms. The Morgan fingerprint density at radius 1 is 0.941 bits per heavy atom. The zero-order valence-electron chi connectivity index (χ0n) is 18.2. The van der Waals surface area contributed by atoms with E-state index >= 15 is 0 Å². The predicted octanol–water partition coefficient (Wildman–Crippen LogP) is 5.25. The maximum absolute atomic E-state index is 14.1. The van der Waals surface area contributed by atoms with Crippen molar-refractivity contribution in [3.05, 3.63) is 70.8 Å². The van der Waals surface area contributed by atoms with Gasteiger partial charge in [-0.3, -0.25) is 0 Å². The molecule has 4 aromatic rings. The summed E-state index contributed by atoms with van der Waals surface area (Å²) in [5.41, 5.74) is 3.07. The van der Waals surface area contributed by atoms with E-state index in [9.17, 15) is 13.2 Å². The molecule has 0 fully saturated rings. The summed E-state index contributed by atoms with van der Waals surface area (Å²) in [5.74, 6) is -0.351. The molecule has 0 amide bonds. The molecule has 0 spiro atoms. The smallest absolute Gasteiger partial charge is 0.396 e. The van der Waals surface area contributed by atoms with Crippen molar-refractivity contribution in [1.29, 1.82) is 0 Å². The lowest BCUT2D eigenvalue weighted by molar-refractivity contribution is -0.136. The van der Waals surface area contributed by atoms with E-state index in [1.807, 2.05) is 12.1 Å². The number of aliphatic hydroxyl groups excluding tert-OH is 1. The monoisotopic (exact) mass is 469 g/mol. The van der Waals surface area contributed by atoms with E-state index in [-0.39, 0.29) is 29.4 Å². The fourth-order valence-corrected chi connectivity index (χ4v) is 4.32. The molecule has 1 aliphatic carbocycles. The Kier molecular flexibility index (Phi) is 5.97. The van der Waals surface area contributed by atoms with Gasteiger partial charge < -0.3 is 19.5 Å². The molecule has 0 saturated heterocycles. The van der Waals surface area contributed by atoms with E-state index in [2.05, 4.69) is 21.7 Å². The standard InChI is InChI=1S/C25H22F3N3O3/c26-25(27,28)20-22(31-33-23(20)16-5-2-1-3-6-16)24-19-10-8-17-13-15(14-29-11-4-12-32)7-9-18(17)21(19)30-34-24/h1-3,5-7,9,13,29,32H,4,8,10-12,14H2. The highest BCUT2D eigenvalue weighted by Crippen LogP contribution is 2.46. The van der Waals surface area contributed by atoms with Gasteiger partial charge in [-0.15, -0.1) is 0 Å². The molecule has 2 aromatic carbocycles. The summed E-state index contributed by atoms with van der Waals surface area (Å²) in [7, 11) is 0. The van der Waals surface area contributed by atoms with Crippen LogP contribution in [0.3, 0.4) is 0 Å². The van der Waals surface area contributed by atoms with Crippen LogP contribution >= 0.6 is 0 Å². The number of alkyl halides is 3. The normalized spacial score (nSPS) is 13.1. The second-order valence-electron chi connectivity index (χ2n) is 8.18. The first-order valence-electron chi connectivity index (χ1n) is 11.0. The summed E-state index contributed by atoms with van der Waals surface area (Å²) in [6.45, 7) is 1.53. The topological polar surface area (TPSA) is 84.3 Å². The number of aryl methyl sites for hydroxylation is 1. The first-order chi connectivity index (χ1) is 16.5. The maximum Gasteiger partial charge on any atom is 0.422 e. The van der Waals surface area contributed by atoms with Crippen LogP contribution in [-0.2, 0) is 25.6 Å². The number of nitrogens with zero attached hydrogens (tertiary/aromatic N) is 2. The van der Waals surface area contributed by atoms with Gasteiger partial charge in [-0.1, -0.05) is 58.8 Å². The lowest BCUT2D eigenvalue weighted by Crippen LogP contribution is -2.16. The molecule has 176 valence electrons. The van der Waals surface area contributed by atoms with E-state index in [0.29, 0.717) is 43.6 Å². The van der Waals surface area contributed by atoms with Crippen LogP contribution in [0.5, 0.6) is 0 Å². The molecular formula is C25H22F3N3O3. The summed E-state index contributed by atoms with van der Waals surface area (Å²) in [6.07, 6.45) is -2.88. The van der Waals surface area contributed by atoms with Crippen molar-refractivity contribution in [2.45, 2.75) is 32.0 Å². The third kappa shape index (κ3) is 4.12. The average Bonchev–Trinajstić information content (AvgIpc) is 3.46. The molecule has 0 aliphatic heterocycles. The van der Waals surface area contributed by atoms with Crippen molar-refractivity contribution in [2.75, 3.05) is 13.2 Å². The minimum Gasteiger partial charge on any atom is -0.396 e. The van der Waals surface area contributed by atoms with Gasteiger partial charge in [0, 0.05) is 29.8 Å². The first-order valence-corrected chi connectivity index (χ1v) is 11.0. The minimum absolute atomic E-state index is 0.00588. The number of hydrogen-bond donors (Lipinski definition) is 2. The van der Waals surface area contributed by atoms with Crippen LogP contribution in [0.15, 0.2) is 57.6 Å². The van der Waals surface area contributed by atoms with Crippen molar-refractivity contribution in [1.82, 2.24) is 15.6 Å². The fraction of sp³-hybridized carbons (Fsp3) is 0.280. The second kappa shape index (κ2) is 9.08. The zero-order chi connectivity index (χ0) is 23.7. The van der Waals surface area contributed by atoms with E-state index in [1.54, 1.807) is 30.3 Å². The molecule has 2 N–H and O–H groups in total. The molecule has 9 heteroatoms. The number of hydrogen-bond acceptors (Lipinski definition) is 6. The molecule has 0 saturated carbocycles. The Morgan fingerprint density at radius 3 is 2.47 bits per heavy atom. The second-order valence-corrected chi connectivity index (χ2v) is 8.18. The summed E-state index contributed by atoms with van der Waals surface area (Å²) < 4.78 is 53.0. The van der Waals surface area contributed by atoms with Gasteiger partial charge >= 0.3 is 6.18 Å². The number of aromatic nitrogens is 2. The van der Waals surface area contributed by atoms with Crippen LogP contribution in [0, 0.1) is 0 Å². The first kappa shape index (κ1) is 22.4. The molecule has 0 atom stereocenters. The summed E-state index contributed by atoms with van der Waals surface area (Å²) in [4.78, 5) is 0. The quantitative estimate of drug-likeness (QED) is 0.360. The Hall–Kier alpha value is -3.43. The van der Waals surface area contributed by atoms with E-state index in [1.165, 1.54) is 0 Å². The number of benzene rings is 2. The summed E-state index contributed by atoms with van der Waals surface area (Å²) in [6, 6.07) is 14.0. The van der Waals surface area contributed by atoms with Crippen molar-refractivity contribution in [2.24, 2.45) is 0 Å². The van der Waals surface area contributed by atoms with Crippen LogP contribution in [0.4, 0.5) is 13.2 Å². The van der Waals surface area contributed by atoms with Crippen LogP contribution in [0.25, 0.3) is 34.0 Å². The van der Waals surface area contributed by atoms with E-state index in [4.69, 9.17) is 14.2 Å². The molecule has 1 aliphatic rings. The summed E-state index contributed by atoms with van der Waals surface area (Å²) >= 11 is 0. The van der Waals surface area contributed by atoms with Crippen molar-refractivity contribution >= 4 is 0 Å². The Bertz CT molecular complexity index is 1300. The fourth-order valence-electron chi connectivity index (χ4n) is 4.32. The summed E-state index contributed by atoms with van der Waals surface area (Å²) in [5, 5.41) is 20.1. The molecule has 5 rings (SSSR count). The van der Waals surface area contributed by atoms with E-state index in [0.717, 1.165) is 16.7 Å². The number of rotatable bonds is 7. The highest BCUT2D eigenvalue weighted by molar-refractivity contribution is 5.79. The molecule has 0 radical (unpaired) electrons. The van der Waals surface area contributed by atoms with Gasteiger partial charge in [-0.2, -0.15) is 13.2 Å². The van der Waals surface area contributed by atoms with Crippen LogP contribution in [0.2, 0.25) is 0 Å². The number of aliphatic hydroxyl groups is 1. The molecule has 34 heavy (non-hydrogen) atoms. The number of halogens is 3. The third-order valence-electron chi connectivity index (χ3n) is 5.92. The van der Waals surface area contributed by atoms with Crippen molar-refractivity contribution < 1.29 is 27.3 Å². The zero-order valence-corrected chi connectivity index (χ0v) is 18.2. The van der Waals surface area contributed by atoms with Crippen molar-refractivity contribution in [3.63, 3.8) is 0 Å². The number of fused-ring (bicyclic) bond motifs is 3. The number of nitrogens with one attached hydrogen (secondary N) is 1. The van der Waals surface area contributed by atoms with Gasteiger partial charge in [0.05, 0.1) is 0 Å². The molecule has 0 unspecified atom stereocenters. The Morgan fingerprint density at radius 2 is 1.71 bits per heavy atom. The van der Waals surface area contributed by atoms with Gasteiger partial charge in [0.2, 0.25) is 0 Å². The van der Waals surface area contributed by atoms with Gasteiger partial charge in [-0.25, -0.2) is 0 Å². The van der Waals surface area contributed by atoms with Crippen LogP contribution in [-0.4, -0.2) is 28.6 Å². The van der Waals surface area contributed by atoms with Crippen LogP contribution in [0.1, 0.15) is 28.7 Å². The highest BCUT2D eigenvalue weighted by Gasteiger charge is 2.43. The van der Waals surface area contributed by atoms with Gasteiger partial charge in [0.15, 0.2) is 17.2 Å². The molecule has 6 nitrogen and oxygen atoms in total. The predicted molar refractivity (Wildman–Crippen MR) is 119 cm³/mol. The largest absolute Gasteiger partial charge is 0.422 e. The van der Waals surface area contributed by atoms with Gasteiger partial charge in [0.1, 0.15) is 11.3 Å². The Labute approximate surface area is 193 Å². The lowest BCUT2D eigenvalue weighted by atomic mass is 9.87. The van der Waals surface area contributed by atoms with Crippen LogP contribution < -0.4 is 5.32 Å². The Balaban J connectivity index is 1.51. The van der Waals surface area contributed by atoms with Crippen molar-refractivity contribution in [3.8, 4) is 34.0 Å². The van der Waals surface area contributed by atoms with Gasteiger partial charge in [-0.05, 0) is 36.9 Å². The van der Waals surface area contributed by atoms with E-state index < -0.39 is 11.7 Å². The molecular weight excluding hydrogens is 447 g/mol. The minimum atomic E-state index is -4.69. The van der Waals surface area contributed by atoms with Gasteiger partial charge in [0.25, 0.3) is 0 Å². The average molecular weight is 469 g/mol. The highest BCUT2D eigenvalue weighted by atomic mass is 19.4. The third-order valence-corrected chi connectivity index (χ3v) is 5.92. The SMILES string of the molecule is OCCCNCc1ccc2c(c1)CCc1c-2noc1-c1noc(-c2ccccc2)c1C(F)(F)F.